The highest BCUT2D eigenvalue weighted by Crippen LogP contribution is 2.12. The Kier molecular flexibility index (Phi) is 12.1. The summed E-state index contributed by atoms with van der Waals surface area (Å²) in [6, 6.07) is 10.3. The lowest BCUT2D eigenvalue weighted by Gasteiger charge is -2.27. The van der Waals surface area contributed by atoms with Crippen LogP contribution in [0.3, 0.4) is 0 Å². The van der Waals surface area contributed by atoms with Crippen molar-refractivity contribution in [2.24, 2.45) is 17.4 Å². The van der Waals surface area contributed by atoms with Gasteiger partial charge in [-0.2, -0.15) is 0 Å². The second-order valence-electron chi connectivity index (χ2n) is 9.86. The number of nitrogens with one attached hydrogen (secondary N) is 3. The maximum atomic E-state index is 13.2. The quantitative estimate of drug-likeness (QED) is 0.158. The van der Waals surface area contributed by atoms with Crippen LogP contribution in [0.25, 0.3) is 0 Å². The van der Waals surface area contributed by atoms with Gasteiger partial charge < -0.3 is 37.6 Å². The van der Waals surface area contributed by atoms with Crippen LogP contribution in [0.1, 0.15) is 37.8 Å². The molecule has 0 saturated heterocycles. The number of phenols is 1. The smallest absolute Gasteiger partial charge is 0.326 e. The first-order chi connectivity index (χ1) is 18.9. The number of carbonyl (C=O) groups is 5. The van der Waals surface area contributed by atoms with E-state index < -0.39 is 59.7 Å². The van der Waals surface area contributed by atoms with E-state index in [0.29, 0.717) is 5.56 Å². The molecule has 2 aromatic rings. The van der Waals surface area contributed by atoms with Crippen molar-refractivity contribution >= 4 is 29.6 Å². The predicted molar refractivity (Wildman–Crippen MR) is 147 cm³/mol. The minimum Gasteiger partial charge on any atom is -0.508 e. The van der Waals surface area contributed by atoms with Gasteiger partial charge >= 0.3 is 5.97 Å². The lowest BCUT2D eigenvalue weighted by atomic mass is 10.00. The molecule has 0 aliphatic heterocycles. The third-order valence-corrected chi connectivity index (χ3v) is 6.19. The highest BCUT2D eigenvalue weighted by molar-refractivity contribution is 5.94. The Morgan fingerprint density at radius 2 is 1.35 bits per heavy atom. The molecule has 2 rings (SSSR count). The van der Waals surface area contributed by atoms with Gasteiger partial charge in [-0.05, 0) is 42.0 Å². The molecule has 2 aromatic carbocycles. The molecule has 0 spiro atoms. The SMILES string of the molecule is CC(C)C(NC(=O)C(CCC(N)=O)NC(=O)C(N)Cc1ccccc1)C(=O)NC(Cc1ccc(O)cc1)C(=O)O. The average molecular weight is 556 g/mol. The normalized spacial score (nSPS) is 13.9. The molecule has 9 N–H and O–H groups in total. The van der Waals surface area contributed by atoms with E-state index in [1.54, 1.807) is 26.0 Å². The first-order valence-electron chi connectivity index (χ1n) is 12.9. The van der Waals surface area contributed by atoms with E-state index in [9.17, 15) is 34.2 Å². The molecular weight excluding hydrogens is 518 g/mol. The van der Waals surface area contributed by atoms with E-state index >= 15 is 0 Å². The zero-order valence-corrected chi connectivity index (χ0v) is 22.5. The van der Waals surface area contributed by atoms with E-state index in [0.717, 1.165) is 5.56 Å². The highest BCUT2D eigenvalue weighted by Gasteiger charge is 2.32. The van der Waals surface area contributed by atoms with Crippen molar-refractivity contribution in [2.45, 2.75) is 63.7 Å². The van der Waals surface area contributed by atoms with Gasteiger partial charge in [0.15, 0.2) is 0 Å². The standard InChI is InChI=1S/C28H37N5O7/c1-16(2)24(27(38)32-22(28(39)40)15-18-8-10-19(34)11-9-18)33-26(37)21(12-13-23(30)35)31-25(36)20(29)14-17-6-4-3-5-7-17/h3-11,16,20-22,24,34H,12-15,29H2,1-2H3,(H2,30,35)(H,31,36)(H,32,38)(H,33,37)(H,39,40). The number of benzene rings is 2. The zero-order chi connectivity index (χ0) is 29.8. The Morgan fingerprint density at radius 3 is 1.90 bits per heavy atom. The van der Waals surface area contributed by atoms with Gasteiger partial charge in [0.1, 0.15) is 23.9 Å². The van der Waals surface area contributed by atoms with Crippen molar-refractivity contribution in [3.8, 4) is 5.75 Å². The van der Waals surface area contributed by atoms with E-state index in [-0.39, 0.29) is 31.4 Å². The van der Waals surface area contributed by atoms with E-state index in [4.69, 9.17) is 11.5 Å². The number of carbonyl (C=O) groups excluding carboxylic acids is 4. The molecule has 4 atom stereocenters. The monoisotopic (exact) mass is 555 g/mol. The lowest BCUT2D eigenvalue weighted by molar-refractivity contribution is -0.142. The Bertz CT molecular complexity index is 1170. The Morgan fingerprint density at radius 1 is 0.775 bits per heavy atom. The molecule has 0 radical (unpaired) electrons. The molecule has 12 heteroatoms. The fraction of sp³-hybridized carbons (Fsp3) is 0.393. The maximum Gasteiger partial charge on any atom is 0.326 e. The Hall–Kier alpha value is -4.45. The van der Waals surface area contributed by atoms with Crippen molar-refractivity contribution in [3.63, 3.8) is 0 Å². The number of hydrogen-bond donors (Lipinski definition) is 7. The average Bonchev–Trinajstić information content (AvgIpc) is 2.90. The summed E-state index contributed by atoms with van der Waals surface area (Å²) in [4.78, 5) is 62.3. The summed E-state index contributed by atoms with van der Waals surface area (Å²) in [5, 5.41) is 26.6. The van der Waals surface area contributed by atoms with Crippen molar-refractivity contribution in [1.29, 1.82) is 0 Å². The molecule has 0 saturated carbocycles. The van der Waals surface area contributed by atoms with Gasteiger partial charge in [0.05, 0.1) is 6.04 Å². The number of amides is 4. The number of carboxylic acids is 1. The van der Waals surface area contributed by atoms with Gasteiger partial charge in [-0.25, -0.2) is 4.79 Å². The summed E-state index contributed by atoms with van der Waals surface area (Å²) in [6.07, 6.45) is -0.184. The first kappa shape index (κ1) is 31.8. The van der Waals surface area contributed by atoms with Gasteiger partial charge in [-0.3, -0.25) is 19.2 Å². The zero-order valence-electron chi connectivity index (χ0n) is 22.5. The molecule has 0 bridgehead atoms. The molecule has 12 nitrogen and oxygen atoms in total. The molecule has 40 heavy (non-hydrogen) atoms. The van der Waals surface area contributed by atoms with Crippen LogP contribution in [-0.4, -0.2) is 64.0 Å². The molecule has 0 aromatic heterocycles. The fourth-order valence-electron chi connectivity index (χ4n) is 3.91. The second kappa shape index (κ2) is 15.2. The second-order valence-corrected chi connectivity index (χ2v) is 9.86. The largest absolute Gasteiger partial charge is 0.508 e. The molecule has 0 aliphatic carbocycles. The van der Waals surface area contributed by atoms with Gasteiger partial charge in [0, 0.05) is 12.8 Å². The van der Waals surface area contributed by atoms with Gasteiger partial charge in [0.2, 0.25) is 23.6 Å². The summed E-state index contributed by atoms with van der Waals surface area (Å²) in [5.41, 5.74) is 12.7. The number of hydrogen-bond acceptors (Lipinski definition) is 7. The van der Waals surface area contributed by atoms with Crippen LogP contribution < -0.4 is 27.4 Å². The van der Waals surface area contributed by atoms with Crippen LogP contribution in [0.4, 0.5) is 0 Å². The number of aliphatic carboxylic acids is 1. The predicted octanol–water partition coefficient (Wildman–Crippen LogP) is -0.0348. The van der Waals surface area contributed by atoms with Crippen LogP contribution >= 0.6 is 0 Å². The summed E-state index contributed by atoms with van der Waals surface area (Å²) >= 11 is 0. The topological polar surface area (TPSA) is 214 Å². The number of phenolic OH excluding ortho intramolecular Hbond substituents is 1. The van der Waals surface area contributed by atoms with Crippen molar-refractivity contribution in [2.75, 3.05) is 0 Å². The number of primary amides is 1. The Balaban J connectivity index is 2.12. The minimum atomic E-state index is -1.31. The minimum absolute atomic E-state index is 0.0150. The molecule has 4 unspecified atom stereocenters. The van der Waals surface area contributed by atoms with E-state index in [2.05, 4.69) is 16.0 Å². The van der Waals surface area contributed by atoms with Crippen molar-refractivity contribution < 1.29 is 34.2 Å². The third kappa shape index (κ3) is 10.4. The molecule has 0 aliphatic rings. The van der Waals surface area contributed by atoms with Crippen LogP contribution in [0.2, 0.25) is 0 Å². The van der Waals surface area contributed by atoms with Gasteiger partial charge in [-0.15, -0.1) is 0 Å². The number of nitrogens with two attached hydrogens (primary N) is 2. The Labute approximate surface area is 232 Å². The number of carboxylic acid groups (broad SMARTS) is 1. The maximum absolute atomic E-state index is 13.2. The van der Waals surface area contributed by atoms with Crippen molar-refractivity contribution in [3.05, 3.63) is 65.7 Å². The fourth-order valence-corrected chi connectivity index (χ4v) is 3.91. The van der Waals surface area contributed by atoms with Gasteiger partial charge in [0.25, 0.3) is 0 Å². The molecular formula is C28H37N5O7. The molecule has 0 heterocycles. The highest BCUT2D eigenvalue weighted by atomic mass is 16.4. The first-order valence-corrected chi connectivity index (χ1v) is 12.9. The van der Waals surface area contributed by atoms with E-state index in [1.807, 2.05) is 18.2 Å². The summed E-state index contributed by atoms with van der Waals surface area (Å²) in [7, 11) is 0. The number of rotatable bonds is 15. The van der Waals surface area contributed by atoms with Crippen LogP contribution in [-0.2, 0) is 36.8 Å². The molecule has 4 amide bonds. The summed E-state index contributed by atoms with van der Waals surface area (Å²) in [6.45, 7) is 3.32. The van der Waals surface area contributed by atoms with Crippen LogP contribution in [0, 0.1) is 5.92 Å². The van der Waals surface area contributed by atoms with Crippen LogP contribution in [0.15, 0.2) is 54.6 Å². The summed E-state index contributed by atoms with van der Waals surface area (Å²) < 4.78 is 0. The van der Waals surface area contributed by atoms with Crippen LogP contribution in [0.5, 0.6) is 5.75 Å². The van der Waals surface area contributed by atoms with Crippen molar-refractivity contribution in [1.82, 2.24) is 16.0 Å². The van der Waals surface area contributed by atoms with E-state index in [1.165, 1.54) is 24.3 Å². The third-order valence-electron chi connectivity index (χ3n) is 6.19. The van der Waals surface area contributed by atoms with Gasteiger partial charge in [-0.1, -0.05) is 56.3 Å². The lowest BCUT2D eigenvalue weighted by Crippen LogP contribution is -2.58. The molecule has 216 valence electrons. The summed E-state index contributed by atoms with van der Waals surface area (Å²) in [5.74, 6) is -4.53. The number of aromatic hydroxyl groups is 1. The molecule has 0 fully saturated rings.